The molecule has 1 atom stereocenters. The van der Waals surface area contributed by atoms with E-state index in [1.165, 1.54) is 24.0 Å². The molecule has 0 saturated heterocycles. The maximum atomic E-state index is 5.95. The van der Waals surface area contributed by atoms with Crippen LogP contribution in [0.15, 0.2) is 35.9 Å². The van der Waals surface area contributed by atoms with Crippen LogP contribution in [-0.4, -0.2) is 13.2 Å². The Labute approximate surface area is 129 Å². The van der Waals surface area contributed by atoms with Crippen molar-refractivity contribution in [3.63, 3.8) is 0 Å². The predicted octanol–water partition coefficient (Wildman–Crippen LogP) is 5.67. The van der Waals surface area contributed by atoms with E-state index in [4.69, 9.17) is 16.3 Å². The molecule has 0 N–H and O–H groups in total. The van der Waals surface area contributed by atoms with Crippen LogP contribution in [0, 0.1) is 5.92 Å². The smallest absolute Gasteiger partial charge is 0.0506 e. The Hall–Kier alpha value is -0.790. The topological polar surface area (TPSA) is 9.23 Å². The summed E-state index contributed by atoms with van der Waals surface area (Å²) in [5, 5.41) is 0.801. The maximum absolute atomic E-state index is 5.95. The second-order valence-electron chi connectivity index (χ2n) is 5.74. The van der Waals surface area contributed by atoms with Crippen LogP contribution in [0.5, 0.6) is 0 Å². The molecule has 1 aromatic carbocycles. The van der Waals surface area contributed by atoms with E-state index in [2.05, 4.69) is 32.9 Å². The van der Waals surface area contributed by atoms with E-state index >= 15 is 0 Å². The summed E-state index contributed by atoms with van der Waals surface area (Å²) in [5.74, 6) is 0.733. The highest BCUT2D eigenvalue weighted by molar-refractivity contribution is 6.30. The standard InChI is InChI=1S/C18H27ClO/c1-15(2)6-4-7-16(3)10-12-20-13-11-17-8-5-9-18(19)14-17/h5-6,8-9,14,16H,4,7,10-13H2,1-3H3/t16-/m0/s1. The lowest BCUT2D eigenvalue weighted by molar-refractivity contribution is 0.123. The summed E-state index contributed by atoms with van der Waals surface area (Å²) in [6.45, 7) is 8.25. The number of allylic oxidation sites excluding steroid dienone is 2. The number of halogens is 1. The Morgan fingerprint density at radius 3 is 2.75 bits per heavy atom. The Balaban J connectivity index is 2.05. The molecule has 112 valence electrons. The number of rotatable bonds is 9. The normalized spacial score (nSPS) is 12.2. The lowest BCUT2D eigenvalue weighted by Gasteiger charge is -2.10. The van der Waals surface area contributed by atoms with Gasteiger partial charge in [0.2, 0.25) is 0 Å². The van der Waals surface area contributed by atoms with Gasteiger partial charge in [0.25, 0.3) is 0 Å². The molecule has 1 nitrogen and oxygen atoms in total. The van der Waals surface area contributed by atoms with Gasteiger partial charge in [0.05, 0.1) is 6.61 Å². The molecule has 0 aliphatic rings. The van der Waals surface area contributed by atoms with Crippen LogP contribution in [0.4, 0.5) is 0 Å². The number of ether oxygens (including phenoxy) is 1. The lowest BCUT2D eigenvalue weighted by Crippen LogP contribution is -2.04. The Kier molecular flexibility index (Phi) is 8.64. The van der Waals surface area contributed by atoms with Crippen LogP contribution in [0.25, 0.3) is 0 Å². The molecule has 0 aliphatic carbocycles. The second kappa shape index (κ2) is 10.0. The van der Waals surface area contributed by atoms with E-state index in [0.29, 0.717) is 0 Å². The van der Waals surface area contributed by atoms with Gasteiger partial charge in [0, 0.05) is 11.6 Å². The zero-order valence-corrected chi connectivity index (χ0v) is 13.7. The molecule has 0 aliphatic heterocycles. The third-order valence-electron chi connectivity index (χ3n) is 3.39. The van der Waals surface area contributed by atoms with Crippen LogP contribution in [0.2, 0.25) is 5.02 Å². The van der Waals surface area contributed by atoms with Crippen molar-refractivity contribution in [1.29, 1.82) is 0 Å². The molecular formula is C18H27ClO. The van der Waals surface area contributed by atoms with Crippen molar-refractivity contribution >= 4 is 11.6 Å². The minimum Gasteiger partial charge on any atom is -0.381 e. The van der Waals surface area contributed by atoms with E-state index in [1.54, 1.807) is 0 Å². The van der Waals surface area contributed by atoms with Crippen molar-refractivity contribution in [3.8, 4) is 0 Å². The first-order valence-electron chi connectivity index (χ1n) is 7.53. The fourth-order valence-electron chi connectivity index (χ4n) is 2.07. The van der Waals surface area contributed by atoms with Gasteiger partial charge in [-0.05, 0) is 63.1 Å². The SMILES string of the molecule is CC(C)=CCC[C@H](C)CCOCCc1cccc(Cl)c1. The fraction of sp³-hybridized carbons (Fsp3) is 0.556. The largest absolute Gasteiger partial charge is 0.381 e. The first-order valence-corrected chi connectivity index (χ1v) is 7.91. The van der Waals surface area contributed by atoms with Gasteiger partial charge in [0.1, 0.15) is 0 Å². The van der Waals surface area contributed by atoms with Crippen LogP contribution in [0.3, 0.4) is 0 Å². The summed E-state index contributed by atoms with van der Waals surface area (Å²) in [5.41, 5.74) is 2.66. The average Bonchev–Trinajstić information content (AvgIpc) is 2.38. The van der Waals surface area contributed by atoms with Gasteiger partial charge in [0.15, 0.2) is 0 Å². The van der Waals surface area contributed by atoms with Crippen molar-refractivity contribution in [2.75, 3.05) is 13.2 Å². The van der Waals surface area contributed by atoms with Gasteiger partial charge in [-0.1, -0.05) is 42.3 Å². The zero-order valence-electron chi connectivity index (χ0n) is 13.0. The van der Waals surface area contributed by atoms with Crippen molar-refractivity contribution in [3.05, 3.63) is 46.5 Å². The van der Waals surface area contributed by atoms with Crippen LogP contribution < -0.4 is 0 Å². The fourth-order valence-corrected chi connectivity index (χ4v) is 2.28. The maximum Gasteiger partial charge on any atom is 0.0506 e. The number of hydrogen-bond acceptors (Lipinski definition) is 1. The van der Waals surface area contributed by atoms with E-state index < -0.39 is 0 Å². The Bertz CT molecular complexity index is 408. The highest BCUT2D eigenvalue weighted by Gasteiger charge is 2.01. The Morgan fingerprint density at radius 1 is 1.25 bits per heavy atom. The molecular weight excluding hydrogens is 268 g/mol. The summed E-state index contributed by atoms with van der Waals surface area (Å²) in [6.07, 6.45) is 6.84. The summed E-state index contributed by atoms with van der Waals surface area (Å²) in [6, 6.07) is 7.99. The Morgan fingerprint density at radius 2 is 2.05 bits per heavy atom. The summed E-state index contributed by atoms with van der Waals surface area (Å²) in [7, 11) is 0. The summed E-state index contributed by atoms with van der Waals surface area (Å²) < 4.78 is 5.72. The third-order valence-corrected chi connectivity index (χ3v) is 3.63. The van der Waals surface area contributed by atoms with Gasteiger partial charge < -0.3 is 4.74 Å². The molecule has 0 unspecified atom stereocenters. The first-order chi connectivity index (χ1) is 9.58. The van der Waals surface area contributed by atoms with Gasteiger partial charge in [-0.3, -0.25) is 0 Å². The van der Waals surface area contributed by atoms with Crippen molar-refractivity contribution < 1.29 is 4.74 Å². The molecule has 0 amide bonds. The molecule has 0 heterocycles. The molecule has 20 heavy (non-hydrogen) atoms. The molecule has 0 radical (unpaired) electrons. The van der Waals surface area contributed by atoms with E-state index in [1.807, 2.05) is 18.2 Å². The molecule has 0 saturated carbocycles. The van der Waals surface area contributed by atoms with Gasteiger partial charge in [-0.2, -0.15) is 0 Å². The minimum absolute atomic E-state index is 0.733. The number of hydrogen-bond donors (Lipinski definition) is 0. The van der Waals surface area contributed by atoms with Crippen molar-refractivity contribution in [2.45, 2.75) is 46.5 Å². The molecule has 1 aromatic rings. The van der Waals surface area contributed by atoms with Gasteiger partial charge in [-0.25, -0.2) is 0 Å². The predicted molar refractivity (Wildman–Crippen MR) is 88.4 cm³/mol. The highest BCUT2D eigenvalue weighted by atomic mass is 35.5. The molecule has 0 aromatic heterocycles. The van der Waals surface area contributed by atoms with E-state index in [9.17, 15) is 0 Å². The highest BCUT2D eigenvalue weighted by Crippen LogP contribution is 2.13. The summed E-state index contributed by atoms with van der Waals surface area (Å²) in [4.78, 5) is 0. The van der Waals surface area contributed by atoms with Gasteiger partial charge >= 0.3 is 0 Å². The molecule has 2 heteroatoms. The first kappa shape index (κ1) is 17.3. The second-order valence-corrected chi connectivity index (χ2v) is 6.18. The minimum atomic E-state index is 0.733. The molecule has 0 fully saturated rings. The van der Waals surface area contributed by atoms with Gasteiger partial charge in [-0.15, -0.1) is 0 Å². The lowest BCUT2D eigenvalue weighted by atomic mass is 10.0. The van der Waals surface area contributed by atoms with Crippen molar-refractivity contribution in [2.24, 2.45) is 5.92 Å². The monoisotopic (exact) mass is 294 g/mol. The van der Waals surface area contributed by atoms with Crippen LogP contribution >= 0.6 is 11.6 Å². The molecule has 1 rings (SSSR count). The van der Waals surface area contributed by atoms with Crippen LogP contribution in [0.1, 0.15) is 45.6 Å². The quantitative estimate of drug-likeness (QED) is 0.421. The summed E-state index contributed by atoms with van der Waals surface area (Å²) >= 11 is 5.95. The number of benzene rings is 1. The van der Waals surface area contributed by atoms with Crippen LogP contribution in [-0.2, 0) is 11.2 Å². The van der Waals surface area contributed by atoms with Crippen molar-refractivity contribution in [1.82, 2.24) is 0 Å². The third kappa shape index (κ3) is 8.39. The molecule has 0 bridgehead atoms. The van der Waals surface area contributed by atoms with E-state index in [-0.39, 0.29) is 0 Å². The van der Waals surface area contributed by atoms with E-state index in [0.717, 1.165) is 37.0 Å². The average molecular weight is 295 g/mol. The zero-order chi connectivity index (χ0) is 14.8. The molecule has 0 spiro atoms.